The molecule has 19 heavy (non-hydrogen) atoms. The van der Waals surface area contributed by atoms with E-state index in [0.717, 1.165) is 0 Å². The highest BCUT2D eigenvalue weighted by atomic mass is 35.5. The minimum Gasteiger partial charge on any atom is -0.382 e. The first-order valence-corrected chi connectivity index (χ1v) is 6.54. The molecule has 1 aromatic heterocycles. The van der Waals surface area contributed by atoms with Gasteiger partial charge in [0, 0.05) is 11.6 Å². The highest BCUT2D eigenvalue weighted by molar-refractivity contribution is 6.32. The molecule has 1 N–H and O–H groups in total. The van der Waals surface area contributed by atoms with Crippen molar-refractivity contribution >= 4 is 23.2 Å². The van der Waals surface area contributed by atoms with Crippen LogP contribution in [0, 0.1) is 5.82 Å². The molecule has 0 aliphatic rings. The SMILES string of the molecule is CC(C)n1ncc(Cl)c1C(O)c1cccc(F)c1Cl. The largest absolute Gasteiger partial charge is 0.382 e. The van der Waals surface area contributed by atoms with Crippen LogP contribution in [0.2, 0.25) is 10.0 Å². The highest BCUT2D eigenvalue weighted by Gasteiger charge is 2.24. The molecular formula is C13H13Cl2FN2O. The average Bonchev–Trinajstić information content (AvgIpc) is 2.74. The second kappa shape index (κ2) is 5.49. The van der Waals surface area contributed by atoms with Gasteiger partial charge in [0.05, 0.1) is 21.9 Å². The van der Waals surface area contributed by atoms with Gasteiger partial charge in [0.1, 0.15) is 11.9 Å². The fourth-order valence-corrected chi connectivity index (χ4v) is 2.36. The molecule has 0 bridgehead atoms. The van der Waals surface area contributed by atoms with Crippen molar-refractivity contribution in [3.05, 3.63) is 51.5 Å². The maximum Gasteiger partial charge on any atom is 0.142 e. The van der Waals surface area contributed by atoms with Crippen LogP contribution in [0.25, 0.3) is 0 Å². The van der Waals surface area contributed by atoms with E-state index in [4.69, 9.17) is 23.2 Å². The Morgan fingerprint density at radius 3 is 2.63 bits per heavy atom. The van der Waals surface area contributed by atoms with Gasteiger partial charge in [0.25, 0.3) is 0 Å². The fraction of sp³-hybridized carbons (Fsp3) is 0.308. The molecule has 0 fully saturated rings. The van der Waals surface area contributed by atoms with Gasteiger partial charge in [-0.2, -0.15) is 5.10 Å². The number of nitrogens with zero attached hydrogens (tertiary/aromatic N) is 2. The summed E-state index contributed by atoms with van der Waals surface area (Å²) in [6, 6.07) is 4.30. The van der Waals surface area contributed by atoms with Crippen LogP contribution in [0.4, 0.5) is 4.39 Å². The Balaban J connectivity index is 2.53. The Hall–Kier alpha value is -1.10. The minimum atomic E-state index is -1.12. The Kier molecular flexibility index (Phi) is 4.13. The Morgan fingerprint density at radius 2 is 2.00 bits per heavy atom. The predicted octanol–water partition coefficient (Wildman–Crippen LogP) is 3.99. The Bertz CT molecular complexity index is 598. The number of hydrogen-bond acceptors (Lipinski definition) is 2. The van der Waals surface area contributed by atoms with Crippen molar-refractivity contribution in [3.8, 4) is 0 Å². The average molecular weight is 303 g/mol. The molecule has 2 rings (SSSR count). The number of aliphatic hydroxyl groups is 1. The number of aromatic nitrogens is 2. The minimum absolute atomic E-state index is 0.0180. The molecule has 1 unspecified atom stereocenters. The van der Waals surface area contributed by atoms with Crippen LogP contribution in [0.3, 0.4) is 0 Å². The van der Waals surface area contributed by atoms with E-state index in [9.17, 15) is 9.50 Å². The van der Waals surface area contributed by atoms with E-state index >= 15 is 0 Å². The molecule has 0 saturated carbocycles. The van der Waals surface area contributed by atoms with Gasteiger partial charge in [-0.05, 0) is 19.9 Å². The van der Waals surface area contributed by atoms with Gasteiger partial charge < -0.3 is 5.11 Å². The molecule has 0 saturated heterocycles. The molecule has 0 amide bonds. The zero-order valence-corrected chi connectivity index (χ0v) is 12.0. The van der Waals surface area contributed by atoms with E-state index in [1.165, 1.54) is 18.3 Å². The zero-order valence-electron chi connectivity index (χ0n) is 10.4. The van der Waals surface area contributed by atoms with Gasteiger partial charge in [0.15, 0.2) is 0 Å². The first kappa shape index (κ1) is 14.3. The van der Waals surface area contributed by atoms with Crippen LogP contribution in [0.1, 0.15) is 37.3 Å². The van der Waals surface area contributed by atoms with E-state index in [1.54, 1.807) is 10.7 Å². The molecule has 0 spiro atoms. The van der Waals surface area contributed by atoms with Gasteiger partial charge in [-0.15, -0.1) is 0 Å². The third-order valence-corrected chi connectivity index (χ3v) is 3.50. The van der Waals surface area contributed by atoms with Crippen LogP contribution in [0.5, 0.6) is 0 Å². The maximum atomic E-state index is 13.4. The van der Waals surface area contributed by atoms with Crippen molar-refractivity contribution in [3.63, 3.8) is 0 Å². The maximum absolute atomic E-state index is 13.4. The van der Waals surface area contributed by atoms with Gasteiger partial charge >= 0.3 is 0 Å². The predicted molar refractivity (Wildman–Crippen MR) is 73.1 cm³/mol. The summed E-state index contributed by atoms with van der Waals surface area (Å²) in [5, 5.41) is 14.7. The quantitative estimate of drug-likeness (QED) is 0.931. The van der Waals surface area contributed by atoms with E-state index in [1.807, 2.05) is 13.8 Å². The molecule has 3 nitrogen and oxygen atoms in total. The van der Waals surface area contributed by atoms with E-state index in [2.05, 4.69) is 5.10 Å². The van der Waals surface area contributed by atoms with Crippen molar-refractivity contribution < 1.29 is 9.50 Å². The Labute approximate surface area is 120 Å². The first-order valence-electron chi connectivity index (χ1n) is 5.78. The van der Waals surface area contributed by atoms with Crippen LogP contribution in [-0.4, -0.2) is 14.9 Å². The molecule has 1 heterocycles. The molecular weight excluding hydrogens is 290 g/mol. The van der Waals surface area contributed by atoms with Crippen LogP contribution < -0.4 is 0 Å². The molecule has 1 atom stereocenters. The van der Waals surface area contributed by atoms with Crippen molar-refractivity contribution in [2.45, 2.75) is 26.0 Å². The third kappa shape index (κ3) is 2.61. The van der Waals surface area contributed by atoms with Crippen LogP contribution >= 0.6 is 23.2 Å². The van der Waals surface area contributed by atoms with E-state index in [0.29, 0.717) is 10.7 Å². The summed E-state index contributed by atoms with van der Waals surface area (Å²) < 4.78 is 15.0. The lowest BCUT2D eigenvalue weighted by Gasteiger charge is -2.18. The summed E-state index contributed by atoms with van der Waals surface area (Å²) in [6.45, 7) is 3.82. The molecule has 6 heteroatoms. The standard InChI is InChI=1S/C13H13Cl2FN2O/c1-7(2)18-12(9(14)6-17-18)13(19)8-4-3-5-10(16)11(8)15/h3-7,13,19H,1-2H3. The normalized spacial score (nSPS) is 13.0. The van der Waals surface area contributed by atoms with Crippen LogP contribution in [0.15, 0.2) is 24.4 Å². The molecule has 2 aromatic rings. The topological polar surface area (TPSA) is 38.0 Å². The van der Waals surface area contributed by atoms with Crippen LogP contribution in [-0.2, 0) is 0 Å². The number of hydrogen-bond donors (Lipinski definition) is 1. The van der Waals surface area contributed by atoms with Crippen molar-refractivity contribution in [2.75, 3.05) is 0 Å². The van der Waals surface area contributed by atoms with Gasteiger partial charge in [-0.3, -0.25) is 4.68 Å². The third-order valence-electron chi connectivity index (χ3n) is 2.81. The molecule has 0 aliphatic carbocycles. The van der Waals surface area contributed by atoms with Crippen molar-refractivity contribution in [1.29, 1.82) is 0 Å². The lowest BCUT2D eigenvalue weighted by Crippen LogP contribution is -2.13. The molecule has 1 aromatic carbocycles. The van der Waals surface area contributed by atoms with Gasteiger partial charge in [0.2, 0.25) is 0 Å². The summed E-state index contributed by atoms with van der Waals surface area (Å²) in [4.78, 5) is 0. The number of aliphatic hydroxyl groups excluding tert-OH is 1. The van der Waals surface area contributed by atoms with Crippen molar-refractivity contribution in [2.24, 2.45) is 0 Å². The summed E-state index contributed by atoms with van der Waals surface area (Å²) in [7, 11) is 0. The zero-order chi connectivity index (χ0) is 14.2. The highest BCUT2D eigenvalue weighted by Crippen LogP contribution is 2.34. The summed E-state index contributed by atoms with van der Waals surface area (Å²) in [6.07, 6.45) is 0.327. The summed E-state index contributed by atoms with van der Waals surface area (Å²) in [5.74, 6) is -0.579. The lowest BCUT2D eigenvalue weighted by molar-refractivity contribution is 0.205. The first-order chi connectivity index (χ1) is 8.93. The second-order valence-corrected chi connectivity index (χ2v) is 5.25. The van der Waals surface area contributed by atoms with E-state index < -0.39 is 11.9 Å². The summed E-state index contributed by atoms with van der Waals surface area (Å²) in [5.41, 5.74) is 0.676. The lowest BCUT2D eigenvalue weighted by atomic mass is 10.1. The Morgan fingerprint density at radius 1 is 1.32 bits per heavy atom. The number of halogens is 3. The van der Waals surface area contributed by atoms with E-state index in [-0.39, 0.29) is 16.6 Å². The summed E-state index contributed by atoms with van der Waals surface area (Å²) >= 11 is 11.9. The number of rotatable bonds is 3. The fourth-order valence-electron chi connectivity index (χ4n) is 1.90. The van der Waals surface area contributed by atoms with Gasteiger partial charge in [-0.1, -0.05) is 35.3 Å². The number of benzene rings is 1. The molecule has 102 valence electrons. The van der Waals surface area contributed by atoms with Crippen molar-refractivity contribution in [1.82, 2.24) is 9.78 Å². The molecule has 0 radical (unpaired) electrons. The smallest absolute Gasteiger partial charge is 0.142 e. The molecule has 0 aliphatic heterocycles. The second-order valence-electron chi connectivity index (χ2n) is 4.46. The van der Waals surface area contributed by atoms with Gasteiger partial charge in [-0.25, -0.2) is 4.39 Å². The monoisotopic (exact) mass is 302 g/mol.